The molecule has 0 saturated carbocycles. The van der Waals surface area contributed by atoms with Gasteiger partial charge in [-0.25, -0.2) is 0 Å². The lowest BCUT2D eigenvalue weighted by Gasteiger charge is -2.30. The maximum atomic E-state index is 12.3. The number of nitrogens with one attached hydrogen (secondary N) is 2. The first-order chi connectivity index (χ1) is 14.5. The van der Waals surface area contributed by atoms with Crippen LogP contribution in [0, 0.1) is 5.92 Å². The molecule has 1 amide bonds. The fourth-order valence-electron chi connectivity index (χ4n) is 4.46. The number of hydrogen-bond acceptors (Lipinski definition) is 4. The Kier molecular flexibility index (Phi) is 10.3. The minimum atomic E-state index is 0. The number of amides is 1. The molecule has 174 valence electrons. The summed E-state index contributed by atoms with van der Waals surface area (Å²) in [5.74, 6) is 1.99. The Morgan fingerprint density at radius 3 is 2.58 bits per heavy atom. The number of hydrogen-bond donors (Lipinski definition) is 2. The van der Waals surface area contributed by atoms with Gasteiger partial charge < -0.3 is 20.3 Å². The number of carbonyl (C=O) groups excluding carboxylic acids is 1. The van der Waals surface area contributed by atoms with Gasteiger partial charge in [-0.1, -0.05) is 32.0 Å². The normalized spacial score (nSPS) is 20.5. The van der Waals surface area contributed by atoms with Crippen LogP contribution in [0.5, 0.6) is 5.75 Å². The molecule has 0 aromatic heterocycles. The van der Waals surface area contributed by atoms with Crippen LogP contribution in [0.2, 0.25) is 0 Å². The molecular formula is C23H38IN5O2. The Labute approximate surface area is 204 Å². The largest absolute Gasteiger partial charge is 0.496 e. The molecule has 0 spiro atoms. The Morgan fingerprint density at radius 2 is 1.94 bits per heavy atom. The maximum absolute atomic E-state index is 12.3. The summed E-state index contributed by atoms with van der Waals surface area (Å²) in [4.78, 5) is 21.2. The first-order valence-electron chi connectivity index (χ1n) is 11.2. The number of methoxy groups -OCH3 is 1. The number of nitrogens with zero attached hydrogens (tertiary/aromatic N) is 3. The standard InChI is InChI=1S/C23H37N5O2.HI/c1-17(2)22(29)28-14-11-18(16-28)26-23(24-3)25-15-20(27-12-7-8-13-27)19-9-5-6-10-21(19)30-4;/h5-6,9-10,17-18,20H,7-8,11-16H2,1-4H3,(H2,24,25,26);1H. The number of benzene rings is 1. The van der Waals surface area contributed by atoms with Crippen LogP contribution in [0.25, 0.3) is 0 Å². The van der Waals surface area contributed by atoms with Crippen molar-refractivity contribution in [2.24, 2.45) is 10.9 Å². The molecule has 31 heavy (non-hydrogen) atoms. The molecule has 2 fully saturated rings. The number of guanidine groups is 1. The number of aliphatic imine (C=N–C) groups is 1. The van der Waals surface area contributed by atoms with Gasteiger partial charge in [0.1, 0.15) is 5.75 Å². The number of ether oxygens (including phenoxy) is 1. The molecule has 1 aromatic rings. The zero-order valence-corrected chi connectivity index (χ0v) is 21.6. The van der Waals surface area contributed by atoms with E-state index in [4.69, 9.17) is 4.74 Å². The van der Waals surface area contributed by atoms with Crippen molar-refractivity contribution in [1.29, 1.82) is 0 Å². The minimum Gasteiger partial charge on any atom is -0.496 e. The fourth-order valence-corrected chi connectivity index (χ4v) is 4.46. The van der Waals surface area contributed by atoms with Gasteiger partial charge in [0.25, 0.3) is 0 Å². The van der Waals surface area contributed by atoms with E-state index in [0.717, 1.165) is 50.9 Å². The fraction of sp³-hybridized carbons (Fsp3) is 0.652. The van der Waals surface area contributed by atoms with Crippen molar-refractivity contribution in [2.45, 2.75) is 45.2 Å². The summed E-state index contributed by atoms with van der Waals surface area (Å²) in [7, 11) is 3.54. The third-order valence-corrected chi connectivity index (χ3v) is 6.10. The summed E-state index contributed by atoms with van der Waals surface area (Å²) in [6.07, 6.45) is 3.42. The third kappa shape index (κ3) is 6.71. The van der Waals surface area contributed by atoms with Gasteiger partial charge in [-0.15, -0.1) is 24.0 Å². The highest BCUT2D eigenvalue weighted by molar-refractivity contribution is 14.0. The van der Waals surface area contributed by atoms with E-state index in [0.29, 0.717) is 0 Å². The molecule has 2 aliphatic heterocycles. The smallest absolute Gasteiger partial charge is 0.225 e. The van der Waals surface area contributed by atoms with Gasteiger partial charge in [0, 0.05) is 44.2 Å². The molecule has 2 atom stereocenters. The molecule has 2 saturated heterocycles. The lowest BCUT2D eigenvalue weighted by atomic mass is 10.0. The number of rotatable bonds is 7. The van der Waals surface area contributed by atoms with Gasteiger partial charge in [0.05, 0.1) is 13.2 Å². The number of likely N-dealkylation sites (tertiary alicyclic amines) is 2. The molecule has 0 bridgehead atoms. The molecule has 2 N–H and O–H groups in total. The van der Waals surface area contributed by atoms with Crippen LogP contribution in [-0.4, -0.2) is 74.6 Å². The monoisotopic (exact) mass is 543 g/mol. The van der Waals surface area contributed by atoms with E-state index in [1.807, 2.05) is 30.9 Å². The van der Waals surface area contributed by atoms with Gasteiger partial charge in [-0.05, 0) is 38.4 Å². The Morgan fingerprint density at radius 1 is 1.23 bits per heavy atom. The predicted molar refractivity (Wildman–Crippen MR) is 136 cm³/mol. The van der Waals surface area contributed by atoms with Crippen molar-refractivity contribution < 1.29 is 9.53 Å². The molecule has 3 rings (SSSR count). The second-order valence-electron chi connectivity index (χ2n) is 8.52. The summed E-state index contributed by atoms with van der Waals surface area (Å²) >= 11 is 0. The molecule has 2 aliphatic rings. The second kappa shape index (κ2) is 12.5. The SMILES string of the molecule is CN=C(NCC(c1ccccc1OC)N1CCCC1)NC1CCN(C(=O)C(C)C)C1.I. The summed E-state index contributed by atoms with van der Waals surface area (Å²) in [5.41, 5.74) is 1.21. The van der Waals surface area contributed by atoms with Crippen LogP contribution >= 0.6 is 24.0 Å². The highest BCUT2D eigenvalue weighted by atomic mass is 127. The summed E-state index contributed by atoms with van der Waals surface area (Å²) in [6, 6.07) is 8.74. The predicted octanol–water partition coefficient (Wildman–Crippen LogP) is 2.87. The zero-order chi connectivity index (χ0) is 21.5. The van der Waals surface area contributed by atoms with Gasteiger partial charge in [0.2, 0.25) is 5.91 Å². The lowest BCUT2D eigenvalue weighted by molar-refractivity contribution is -0.133. The van der Waals surface area contributed by atoms with E-state index in [2.05, 4.69) is 32.7 Å². The van der Waals surface area contributed by atoms with Crippen LogP contribution in [0.1, 0.15) is 44.7 Å². The van der Waals surface area contributed by atoms with E-state index < -0.39 is 0 Å². The topological polar surface area (TPSA) is 69.2 Å². The lowest BCUT2D eigenvalue weighted by Crippen LogP contribution is -2.47. The van der Waals surface area contributed by atoms with E-state index >= 15 is 0 Å². The number of carbonyl (C=O) groups is 1. The van der Waals surface area contributed by atoms with Crippen molar-refractivity contribution in [3.05, 3.63) is 29.8 Å². The maximum Gasteiger partial charge on any atom is 0.225 e. The van der Waals surface area contributed by atoms with Gasteiger partial charge in [-0.2, -0.15) is 0 Å². The van der Waals surface area contributed by atoms with Crippen LogP contribution in [-0.2, 0) is 4.79 Å². The second-order valence-corrected chi connectivity index (χ2v) is 8.52. The van der Waals surface area contributed by atoms with Gasteiger partial charge in [0.15, 0.2) is 5.96 Å². The Balaban J connectivity index is 0.00000341. The highest BCUT2D eigenvalue weighted by Crippen LogP contribution is 2.31. The molecule has 0 aliphatic carbocycles. The van der Waals surface area contributed by atoms with E-state index in [9.17, 15) is 4.79 Å². The van der Waals surface area contributed by atoms with Crippen LogP contribution in [0.3, 0.4) is 0 Å². The van der Waals surface area contributed by atoms with Crippen LogP contribution in [0.15, 0.2) is 29.3 Å². The molecule has 2 unspecified atom stereocenters. The molecule has 8 heteroatoms. The molecule has 7 nitrogen and oxygen atoms in total. The molecule has 1 aromatic carbocycles. The zero-order valence-electron chi connectivity index (χ0n) is 19.3. The summed E-state index contributed by atoms with van der Waals surface area (Å²) in [6.45, 7) is 8.42. The third-order valence-electron chi connectivity index (χ3n) is 6.10. The van der Waals surface area contributed by atoms with Gasteiger partial charge in [-0.3, -0.25) is 14.7 Å². The van der Waals surface area contributed by atoms with E-state index in [-0.39, 0.29) is 47.9 Å². The van der Waals surface area contributed by atoms with Crippen molar-refractivity contribution in [3.63, 3.8) is 0 Å². The van der Waals surface area contributed by atoms with Crippen LogP contribution < -0.4 is 15.4 Å². The highest BCUT2D eigenvalue weighted by Gasteiger charge is 2.29. The van der Waals surface area contributed by atoms with Crippen molar-refractivity contribution in [1.82, 2.24) is 20.4 Å². The number of para-hydroxylation sites is 1. The molecular weight excluding hydrogens is 505 g/mol. The van der Waals surface area contributed by atoms with Crippen molar-refractivity contribution in [3.8, 4) is 5.75 Å². The molecule has 0 radical (unpaired) electrons. The quantitative estimate of drug-likeness (QED) is 0.315. The Bertz CT molecular complexity index is 736. The summed E-state index contributed by atoms with van der Waals surface area (Å²) in [5, 5.41) is 7.04. The van der Waals surface area contributed by atoms with Crippen molar-refractivity contribution in [2.75, 3.05) is 46.9 Å². The van der Waals surface area contributed by atoms with Crippen molar-refractivity contribution >= 4 is 35.8 Å². The number of halogens is 1. The average molecular weight is 543 g/mol. The average Bonchev–Trinajstić information content (AvgIpc) is 3.45. The minimum absolute atomic E-state index is 0. The van der Waals surface area contributed by atoms with E-state index in [1.54, 1.807) is 14.2 Å². The van der Waals surface area contributed by atoms with Crippen LogP contribution in [0.4, 0.5) is 0 Å². The van der Waals surface area contributed by atoms with Gasteiger partial charge >= 0.3 is 0 Å². The summed E-state index contributed by atoms with van der Waals surface area (Å²) < 4.78 is 5.64. The molecule has 2 heterocycles. The first-order valence-corrected chi connectivity index (χ1v) is 11.2. The Hall–Kier alpha value is -1.55. The van der Waals surface area contributed by atoms with E-state index in [1.165, 1.54) is 18.4 Å². The first kappa shape index (κ1) is 25.7.